The van der Waals surface area contributed by atoms with Crippen molar-refractivity contribution in [3.05, 3.63) is 112 Å². The molecule has 1 saturated heterocycles. The van der Waals surface area contributed by atoms with Crippen LogP contribution in [0.4, 0.5) is 0 Å². The van der Waals surface area contributed by atoms with Crippen LogP contribution in [0.1, 0.15) is 29.5 Å². The number of aromatic nitrogens is 1. The highest BCUT2D eigenvalue weighted by molar-refractivity contribution is 6.36. The molecule has 0 unspecified atom stereocenters. The number of aliphatic hydroxyl groups excluding tert-OH is 1. The first-order valence-corrected chi connectivity index (χ1v) is 16.9. The summed E-state index contributed by atoms with van der Waals surface area (Å²) in [6, 6.07) is 25.5. The van der Waals surface area contributed by atoms with Gasteiger partial charge in [0.05, 0.1) is 18.7 Å². The Balaban J connectivity index is 1.20. The number of aliphatic hydroxyl groups is 1. The van der Waals surface area contributed by atoms with E-state index < -0.39 is 18.6 Å². The summed E-state index contributed by atoms with van der Waals surface area (Å²) in [5.74, 6) is -0.442. The Bertz CT molecular complexity index is 1980. The molecule has 9 nitrogen and oxygen atoms in total. The number of carbonyl (C=O) groups excluding carboxylic acids is 1. The fourth-order valence-corrected chi connectivity index (χ4v) is 6.90. The van der Waals surface area contributed by atoms with Gasteiger partial charge in [0.1, 0.15) is 11.8 Å². The summed E-state index contributed by atoms with van der Waals surface area (Å²) in [5.41, 5.74) is 7.63. The van der Waals surface area contributed by atoms with Crippen LogP contribution in [0, 0.1) is 0 Å². The van der Waals surface area contributed by atoms with Gasteiger partial charge in [-0.1, -0.05) is 77.8 Å². The quantitative estimate of drug-likeness (QED) is 0.0929. The maximum absolute atomic E-state index is 11.4. The molecular weight excluding hydrogens is 663 g/mol. The van der Waals surface area contributed by atoms with Crippen LogP contribution in [0.25, 0.3) is 33.2 Å². The molecule has 0 radical (unpaired) electrons. The van der Waals surface area contributed by atoms with Gasteiger partial charge < -0.3 is 30.2 Å². The molecule has 0 bridgehead atoms. The number of carboxylic acid groups (broad SMARTS) is 1. The number of amides is 1. The molecule has 0 saturated carbocycles. The monoisotopic (exact) mass is 700 g/mol. The summed E-state index contributed by atoms with van der Waals surface area (Å²) in [6.07, 6.45) is 3.50. The molecule has 6 rings (SSSR count). The Morgan fingerprint density at radius 2 is 1.76 bits per heavy atom. The van der Waals surface area contributed by atoms with Crippen LogP contribution in [0.2, 0.25) is 10.0 Å². The van der Waals surface area contributed by atoms with Crippen molar-refractivity contribution in [3.63, 3.8) is 0 Å². The van der Waals surface area contributed by atoms with Crippen molar-refractivity contribution in [2.24, 2.45) is 0 Å². The van der Waals surface area contributed by atoms with Gasteiger partial charge in [-0.15, -0.1) is 0 Å². The molecule has 1 aliphatic rings. The van der Waals surface area contributed by atoms with Crippen LogP contribution in [-0.4, -0.2) is 59.0 Å². The third-order valence-corrected chi connectivity index (χ3v) is 9.74. The summed E-state index contributed by atoms with van der Waals surface area (Å²) in [7, 11) is 1.55. The molecule has 0 spiro atoms. The largest absolute Gasteiger partial charge is 0.496 e. The minimum Gasteiger partial charge on any atom is -0.496 e. The molecule has 2 atom stereocenters. The molecule has 4 aromatic carbocycles. The standard InChI is InChI=1S/C38H38Cl2N4O5/c1-49-35-17-26(32(39)16-25(35)19-42-33(22-45)38(47)48)21-44-15-14-30-29(5-3-7-34(30)44)31-6-2-4-28(37(31)40)24-10-8-23(9-11-24)18-41-20-27-12-13-36(46)43-27/h2-11,14-17,27,33,41-42,45H,12-13,18-22H2,1H3,(H,43,46)(H,47,48)/t27-,33-/m0/s1. The number of benzene rings is 4. The lowest BCUT2D eigenvalue weighted by atomic mass is 9.96. The fraction of sp³-hybridized carbons (Fsp3) is 0.263. The van der Waals surface area contributed by atoms with Crippen molar-refractivity contribution >= 4 is 46.0 Å². The van der Waals surface area contributed by atoms with E-state index in [2.05, 4.69) is 63.0 Å². The Morgan fingerprint density at radius 1 is 1.00 bits per heavy atom. The van der Waals surface area contributed by atoms with Gasteiger partial charge in [0.25, 0.3) is 0 Å². The fourth-order valence-electron chi connectivity index (χ4n) is 6.32. The normalized spacial score (nSPS) is 15.0. The SMILES string of the molecule is COc1cc(Cn2ccc3c(-c4cccc(-c5ccc(CNC[C@@H]6CCC(=O)N6)cc5)c4Cl)cccc32)c(Cl)cc1CN[C@@H](CO)C(=O)O. The van der Waals surface area contributed by atoms with Gasteiger partial charge in [-0.3, -0.25) is 14.9 Å². The second-order valence-corrected chi connectivity index (χ2v) is 13.0. The Labute approximate surface area is 294 Å². The number of nitrogens with one attached hydrogen (secondary N) is 3. The number of halogens is 2. The second kappa shape index (κ2) is 15.4. The average molecular weight is 702 g/mol. The van der Waals surface area contributed by atoms with Gasteiger partial charge in [-0.2, -0.15) is 0 Å². The van der Waals surface area contributed by atoms with E-state index in [-0.39, 0.29) is 18.5 Å². The number of ether oxygens (including phenoxy) is 1. The lowest BCUT2D eigenvalue weighted by Gasteiger charge is -2.16. The molecular formula is C38H38Cl2N4O5. The Morgan fingerprint density at radius 3 is 2.47 bits per heavy atom. The molecule has 5 aromatic rings. The van der Waals surface area contributed by atoms with E-state index in [9.17, 15) is 19.8 Å². The van der Waals surface area contributed by atoms with Crippen molar-refractivity contribution in [3.8, 4) is 28.0 Å². The average Bonchev–Trinajstić information content (AvgIpc) is 3.72. The summed E-state index contributed by atoms with van der Waals surface area (Å²) in [5, 5.41) is 30.1. The van der Waals surface area contributed by atoms with E-state index in [1.165, 1.54) is 0 Å². The van der Waals surface area contributed by atoms with Crippen molar-refractivity contribution in [1.82, 2.24) is 20.5 Å². The lowest BCUT2D eigenvalue weighted by Crippen LogP contribution is -2.39. The van der Waals surface area contributed by atoms with Gasteiger partial charge in [0.15, 0.2) is 0 Å². The van der Waals surface area contributed by atoms with Crippen LogP contribution < -0.4 is 20.7 Å². The number of aliphatic carboxylic acids is 1. The van der Waals surface area contributed by atoms with Gasteiger partial charge >= 0.3 is 5.97 Å². The summed E-state index contributed by atoms with van der Waals surface area (Å²) in [4.78, 5) is 22.8. The molecule has 5 N–H and O–H groups in total. The number of fused-ring (bicyclic) bond motifs is 1. The number of rotatable bonds is 14. The highest BCUT2D eigenvalue weighted by atomic mass is 35.5. The summed E-state index contributed by atoms with van der Waals surface area (Å²) < 4.78 is 7.73. The Kier molecular flexibility index (Phi) is 10.9. The van der Waals surface area contributed by atoms with Gasteiger partial charge in [-0.25, -0.2) is 0 Å². The molecule has 1 fully saturated rings. The van der Waals surface area contributed by atoms with Gasteiger partial charge in [0, 0.05) is 77.5 Å². The number of carbonyl (C=O) groups is 2. The first-order chi connectivity index (χ1) is 23.7. The van der Waals surface area contributed by atoms with E-state index in [4.69, 9.17) is 27.9 Å². The third kappa shape index (κ3) is 7.77. The van der Waals surface area contributed by atoms with Gasteiger partial charge in [-0.05, 0) is 52.9 Å². The lowest BCUT2D eigenvalue weighted by molar-refractivity contribution is -0.140. The second-order valence-electron chi connectivity index (χ2n) is 12.2. The highest BCUT2D eigenvalue weighted by Crippen LogP contribution is 2.40. The number of hydrogen-bond acceptors (Lipinski definition) is 6. The Hall–Kier alpha value is -4.38. The maximum Gasteiger partial charge on any atom is 0.323 e. The molecule has 1 aliphatic heterocycles. The molecule has 2 heterocycles. The van der Waals surface area contributed by atoms with E-state index in [0.717, 1.165) is 63.8 Å². The first-order valence-electron chi connectivity index (χ1n) is 16.1. The number of hydrogen-bond donors (Lipinski definition) is 5. The van der Waals surface area contributed by atoms with Crippen molar-refractivity contribution < 1.29 is 24.5 Å². The molecule has 0 aliphatic carbocycles. The van der Waals surface area contributed by atoms with Crippen LogP contribution in [0.5, 0.6) is 5.75 Å². The van der Waals surface area contributed by atoms with Gasteiger partial charge in [0.2, 0.25) is 5.91 Å². The third-order valence-electron chi connectivity index (χ3n) is 8.98. The summed E-state index contributed by atoms with van der Waals surface area (Å²) in [6.45, 7) is 1.59. The number of methoxy groups -OCH3 is 1. The van der Waals surface area contributed by atoms with E-state index in [0.29, 0.717) is 34.3 Å². The smallest absolute Gasteiger partial charge is 0.323 e. The zero-order valence-electron chi connectivity index (χ0n) is 27.0. The molecule has 254 valence electrons. The van der Waals surface area contributed by atoms with E-state index >= 15 is 0 Å². The maximum atomic E-state index is 11.4. The molecule has 49 heavy (non-hydrogen) atoms. The highest BCUT2D eigenvalue weighted by Gasteiger charge is 2.20. The van der Waals surface area contributed by atoms with Crippen molar-refractivity contribution in [1.29, 1.82) is 0 Å². The van der Waals surface area contributed by atoms with Crippen LogP contribution in [0.3, 0.4) is 0 Å². The molecule has 1 amide bonds. The summed E-state index contributed by atoms with van der Waals surface area (Å²) >= 11 is 13.9. The van der Waals surface area contributed by atoms with Crippen LogP contribution in [0.15, 0.2) is 85.1 Å². The topological polar surface area (TPSA) is 125 Å². The van der Waals surface area contributed by atoms with Crippen molar-refractivity contribution in [2.75, 3.05) is 20.3 Å². The predicted molar refractivity (Wildman–Crippen MR) is 193 cm³/mol. The van der Waals surface area contributed by atoms with Crippen LogP contribution in [-0.2, 0) is 29.2 Å². The first kappa shape index (κ1) is 34.5. The minimum atomic E-state index is -1.14. The predicted octanol–water partition coefficient (Wildman–Crippen LogP) is 6.24. The zero-order chi connectivity index (χ0) is 34.5. The molecule has 11 heteroatoms. The minimum absolute atomic E-state index is 0.127. The molecule has 1 aromatic heterocycles. The van der Waals surface area contributed by atoms with Crippen molar-refractivity contribution in [2.45, 2.75) is 44.6 Å². The number of nitrogens with zero attached hydrogens (tertiary/aromatic N) is 1. The van der Waals surface area contributed by atoms with Crippen LogP contribution >= 0.6 is 23.2 Å². The van der Waals surface area contributed by atoms with E-state index in [1.807, 2.05) is 36.5 Å². The number of carboxylic acids is 1. The zero-order valence-corrected chi connectivity index (χ0v) is 28.5. The van der Waals surface area contributed by atoms with E-state index in [1.54, 1.807) is 13.2 Å².